The van der Waals surface area contributed by atoms with E-state index in [9.17, 15) is 9.90 Å². The fraction of sp³-hybridized carbons (Fsp3) is 0.909. The van der Waals surface area contributed by atoms with Crippen LogP contribution in [0.2, 0.25) is 0 Å². The Morgan fingerprint density at radius 3 is 2.88 bits per heavy atom. The zero-order chi connectivity index (χ0) is 11.4. The van der Waals surface area contributed by atoms with Gasteiger partial charge in [-0.25, -0.2) is 0 Å². The van der Waals surface area contributed by atoms with Crippen LogP contribution < -0.4 is 10.6 Å². The Labute approximate surface area is 95.5 Å². The Kier molecular flexibility index (Phi) is 3.78. The number of carbonyl (C=O) groups is 1. The molecule has 3 N–H and O–H groups in total. The summed E-state index contributed by atoms with van der Waals surface area (Å²) >= 11 is 0. The van der Waals surface area contributed by atoms with Crippen LogP contribution in [0.1, 0.15) is 25.7 Å². The number of morpholine rings is 1. The van der Waals surface area contributed by atoms with Crippen LogP contribution >= 0.6 is 0 Å². The van der Waals surface area contributed by atoms with E-state index in [2.05, 4.69) is 10.6 Å². The van der Waals surface area contributed by atoms with Crippen LogP contribution in [0.3, 0.4) is 0 Å². The van der Waals surface area contributed by atoms with Crippen LogP contribution in [0.15, 0.2) is 0 Å². The molecule has 5 heteroatoms. The number of hydrogen-bond acceptors (Lipinski definition) is 4. The SMILES string of the molecule is O=C(NCC1(O)CCCC1)C1CNCCO1. The predicted molar refractivity (Wildman–Crippen MR) is 59.0 cm³/mol. The molecule has 1 atom stereocenters. The van der Waals surface area contributed by atoms with Crippen molar-refractivity contribution >= 4 is 5.91 Å². The van der Waals surface area contributed by atoms with Crippen molar-refractivity contribution in [1.82, 2.24) is 10.6 Å². The largest absolute Gasteiger partial charge is 0.388 e. The molecule has 1 amide bonds. The van der Waals surface area contributed by atoms with E-state index in [0.717, 1.165) is 32.2 Å². The van der Waals surface area contributed by atoms with Gasteiger partial charge in [0, 0.05) is 19.6 Å². The highest BCUT2D eigenvalue weighted by Crippen LogP contribution is 2.28. The lowest BCUT2D eigenvalue weighted by molar-refractivity contribution is -0.135. The topological polar surface area (TPSA) is 70.6 Å². The number of carbonyl (C=O) groups excluding carboxylic acids is 1. The molecule has 0 radical (unpaired) electrons. The zero-order valence-electron chi connectivity index (χ0n) is 9.50. The van der Waals surface area contributed by atoms with Crippen LogP contribution in [0.5, 0.6) is 0 Å². The standard InChI is InChI=1S/C11H20N2O3/c14-10(9-7-12-5-6-16-9)13-8-11(15)3-1-2-4-11/h9,12,15H,1-8H2,(H,13,14). The highest BCUT2D eigenvalue weighted by atomic mass is 16.5. The van der Waals surface area contributed by atoms with Crippen molar-refractivity contribution in [3.8, 4) is 0 Å². The summed E-state index contributed by atoms with van der Waals surface area (Å²) in [7, 11) is 0. The molecule has 5 nitrogen and oxygen atoms in total. The van der Waals surface area contributed by atoms with Gasteiger partial charge in [-0.1, -0.05) is 12.8 Å². The molecule has 1 saturated carbocycles. The molecule has 0 bridgehead atoms. The molecule has 2 aliphatic rings. The molecule has 2 fully saturated rings. The molecule has 1 saturated heterocycles. The van der Waals surface area contributed by atoms with Crippen LogP contribution in [0.25, 0.3) is 0 Å². The first-order valence-corrected chi connectivity index (χ1v) is 6.02. The van der Waals surface area contributed by atoms with Crippen LogP contribution in [-0.2, 0) is 9.53 Å². The third-order valence-electron chi connectivity index (χ3n) is 3.35. The number of rotatable bonds is 3. The summed E-state index contributed by atoms with van der Waals surface area (Å²) in [4.78, 5) is 11.7. The second-order valence-electron chi connectivity index (χ2n) is 4.71. The fourth-order valence-electron chi connectivity index (χ4n) is 2.31. The Bertz CT molecular complexity index is 246. The van der Waals surface area contributed by atoms with E-state index in [1.807, 2.05) is 0 Å². The third-order valence-corrected chi connectivity index (χ3v) is 3.35. The van der Waals surface area contributed by atoms with E-state index in [1.54, 1.807) is 0 Å². The summed E-state index contributed by atoms with van der Waals surface area (Å²) in [6, 6.07) is 0. The molecule has 92 valence electrons. The van der Waals surface area contributed by atoms with E-state index in [-0.39, 0.29) is 5.91 Å². The molecule has 0 aromatic carbocycles. The minimum absolute atomic E-state index is 0.118. The lowest BCUT2D eigenvalue weighted by atomic mass is 10.0. The van der Waals surface area contributed by atoms with Gasteiger partial charge in [0.1, 0.15) is 6.10 Å². The number of nitrogens with one attached hydrogen (secondary N) is 2. The number of hydrogen-bond donors (Lipinski definition) is 3. The smallest absolute Gasteiger partial charge is 0.250 e. The van der Waals surface area contributed by atoms with Gasteiger partial charge in [0.15, 0.2) is 0 Å². The average molecular weight is 228 g/mol. The number of amides is 1. The number of aliphatic hydroxyl groups is 1. The van der Waals surface area contributed by atoms with Crippen molar-refractivity contribution in [2.45, 2.75) is 37.4 Å². The molecular formula is C11H20N2O3. The third kappa shape index (κ3) is 2.93. The summed E-state index contributed by atoms with van der Waals surface area (Å²) in [6.07, 6.45) is 3.27. The molecule has 0 spiro atoms. The maximum Gasteiger partial charge on any atom is 0.250 e. The van der Waals surface area contributed by atoms with E-state index < -0.39 is 11.7 Å². The lowest BCUT2D eigenvalue weighted by Gasteiger charge is -2.26. The van der Waals surface area contributed by atoms with Gasteiger partial charge in [-0.05, 0) is 12.8 Å². The zero-order valence-corrected chi connectivity index (χ0v) is 9.50. The molecule has 1 aliphatic heterocycles. The van der Waals surface area contributed by atoms with Gasteiger partial charge >= 0.3 is 0 Å². The number of ether oxygens (including phenoxy) is 1. The highest BCUT2D eigenvalue weighted by molar-refractivity contribution is 5.81. The molecule has 2 rings (SSSR count). The van der Waals surface area contributed by atoms with E-state index in [0.29, 0.717) is 19.7 Å². The second kappa shape index (κ2) is 5.12. The predicted octanol–water partition coefficient (Wildman–Crippen LogP) is -0.604. The van der Waals surface area contributed by atoms with Crippen molar-refractivity contribution in [1.29, 1.82) is 0 Å². The summed E-state index contributed by atoms with van der Waals surface area (Å²) in [5.74, 6) is -0.118. The quantitative estimate of drug-likeness (QED) is 0.603. The first-order valence-electron chi connectivity index (χ1n) is 6.02. The average Bonchev–Trinajstić information content (AvgIpc) is 2.75. The van der Waals surface area contributed by atoms with Crippen molar-refractivity contribution in [3.05, 3.63) is 0 Å². The van der Waals surface area contributed by atoms with Gasteiger partial charge in [-0.15, -0.1) is 0 Å². The minimum Gasteiger partial charge on any atom is -0.388 e. The Hall–Kier alpha value is -0.650. The molecule has 16 heavy (non-hydrogen) atoms. The van der Waals surface area contributed by atoms with Crippen LogP contribution in [0, 0.1) is 0 Å². The lowest BCUT2D eigenvalue weighted by Crippen LogP contribution is -2.51. The van der Waals surface area contributed by atoms with Crippen molar-refractivity contribution < 1.29 is 14.6 Å². The van der Waals surface area contributed by atoms with E-state index >= 15 is 0 Å². The van der Waals surface area contributed by atoms with Crippen LogP contribution in [0.4, 0.5) is 0 Å². The first-order chi connectivity index (χ1) is 7.70. The van der Waals surface area contributed by atoms with Gasteiger partial charge < -0.3 is 20.5 Å². The molecular weight excluding hydrogens is 208 g/mol. The van der Waals surface area contributed by atoms with E-state index in [1.165, 1.54) is 0 Å². The molecule has 1 aliphatic carbocycles. The summed E-state index contributed by atoms with van der Waals surface area (Å²) in [6.45, 7) is 2.28. The summed E-state index contributed by atoms with van der Waals surface area (Å²) in [5.41, 5.74) is -0.683. The maximum atomic E-state index is 11.7. The van der Waals surface area contributed by atoms with Gasteiger partial charge in [-0.3, -0.25) is 4.79 Å². The van der Waals surface area contributed by atoms with Crippen molar-refractivity contribution in [3.63, 3.8) is 0 Å². The molecule has 0 aromatic heterocycles. The maximum absolute atomic E-state index is 11.7. The van der Waals surface area contributed by atoms with Crippen LogP contribution in [-0.4, -0.2) is 49.0 Å². The fourth-order valence-corrected chi connectivity index (χ4v) is 2.31. The Morgan fingerprint density at radius 1 is 1.50 bits per heavy atom. The second-order valence-corrected chi connectivity index (χ2v) is 4.71. The summed E-state index contributed by atoms with van der Waals surface area (Å²) in [5, 5.41) is 16.0. The highest BCUT2D eigenvalue weighted by Gasteiger charge is 2.32. The van der Waals surface area contributed by atoms with Gasteiger partial charge in [-0.2, -0.15) is 0 Å². The van der Waals surface area contributed by atoms with Crippen molar-refractivity contribution in [2.75, 3.05) is 26.2 Å². The molecule has 0 aromatic rings. The van der Waals surface area contributed by atoms with Gasteiger partial charge in [0.2, 0.25) is 0 Å². The van der Waals surface area contributed by atoms with Crippen molar-refractivity contribution in [2.24, 2.45) is 0 Å². The molecule has 1 heterocycles. The normalized spacial score (nSPS) is 28.9. The Balaban J connectivity index is 1.74. The molecule has 1 unspecified atom stereocenters. The minimum atomic E-state index is -0.683. The van der Waals surface area contributed by atoms with Gasteiger partial charge in [0.05, 0.1) is 12.2 Å². The first kappa shape index (κ1) is 11.8. The van der Waals surface area contributed by atoms with E-state index in [4.69, 9.17) is 4.74 Å². The Morgan fingerprint density at radius 2 is 2.25 bits per heavy atom. The summed E-state index contributed by atoms with van der Waals surface area (Å²) < 4.78 is 5.33. The van der Waals surface area contributed by atoms with Gasteiger partial charge in [0.25, 0.3) is 5.91 Å². The monoisotopic (exact) mass is 228 g/mol.